The number of hydrogen-bond donors (Lipinski definition) is 1. The molecule has 0 unspecified atom stereocenters. The van der Waals surface area contributed by atoms with Gasteiger partial charge in [-0.25, -0.2) is 4.39 Å². The maximum absolute atomic E-state index is 13.5. The Kier molecular flexibility index (Phi) is 6.31. The van der Waals surface area contributed by atoms with Crippen molar-refractivity contribution in [3.8, 4) is 17.2 Å². The molecule has 0 aliphatic rings. The van der Waals surface area contributed by atoms with Gasteiger partial charge in [0.25, 0.3) is 0 Å². The van der Waals surface area contributed by atoms with E-state index >= 15 is 0 Å². The number of anilines is 1. The number of amides is 1. The average molecular weight is 351 g/mol. The van der Waals surface area contributed by atoms with Crippen LogP contribution in [0.2, 0.25) is 0 Å². The Labute approximate surface area is 144 Å². The molecule has 128 valence electrons. The van der Waals surface area contributed by atoms with Gasteiger partial charge in [0.2, 0.25) is 11.7 Å². The molecule has 1 amide bonds. The van der Waals surface area contributed by atoms with Crippen LogP contribution in [0.1, 0.15) is 0 Å². The Bertz CT molecular complexity index is 698. The van der Waals surface area contributed by atoms with Crippen LogP contribution in [0.5, 0.6) is 17.2 Å². The Morgan fingerprint density at radius 1 is 1.08 bits per heavy atom. The summed E-state index contributed by atoms with van der Waals surface area (Å²) in [4.78, 5) is 12.5. The standard InChI is InChI=1S/C17H18FNO4S/c1-21-13-8-11(9-14(22-2)17(13)23-3)19-16(20)10-24-15-7-5-4-6-12(15)18/h4-9H,10H2,1-3H3,(H,19,20). The van der Waals surface area contributed by atoms with Crippen LogP contribution >= 0.6 is 11.8 Å². The topological polar surface area (TPSA) is 56.8 Å². The van der Waals surface area contributed by atoms with Crippen LogP contribution in [-0.2, 0) is 4.79 Å². The van der Waals surface area contributed by atoms with Crippen molar-refractivity contribution in [3.05, 3.63) is 42.2 Å². The largest absolute Gasteiger partial charge is 0.493 e. The minimum Gasteiger partial charge on any atom is -0.493 e. The van der Waals surface area contributed by atoms with Crippen LogP contribution in [0.25, 0.3) is 0 Å². The van der Waals surface area contributed by atoms with Gasteiger partial charge in [-0.05, 0) is 12.1 Å². The summed E-state index contributed by atoms with van der Waals surface area (Å²) in [5, 5.41) is 2.73. The third-order valence-electron chi connectivity index (χ3n) is 3.14. The highest BCUT2D eigenvalue weighted by atomic mass is 32.2. The number of nitrogens with one attached hydrogen (secondary N) is 1. The van der Waals surface area contributed by atoms with Crippen LogP contribution in [0.15, 0.2) is 41.3 Å². The number of thioether (sulfide) groups is 1. The van der Waals surface area contributed by atoms with Crippen LogP contribution in [-0.4, -0.2) is 33.0 Å². The molecule has 2 aromatic rings. The molecule has 24 heavy (non-hydrogen) atoms. The van der Waals surface area contributed by atoms with Gasteiger partial charge in [-0.3, -0.25) is 4.79 Å². The lowest BCUT2D eigenvalue weighted by molar-refractivity contribution is -0.113. The van der Waals surface area contributed by atoms with Gasteiger partial charge in [-0.1, -0.05) is 12.1 Å². The van der Waals surface area contributed by atoms with Crippen molar-refractivity contribution in [3.63, 3.8) is 0 Å². The molecule has 0 aromatic heterocycles. The Hall–Kier alpha value is -2.41. The summed E-state index contributed by atoms with van der Waals surface area (Å²) in [6, 6.07) is 9.59. The summed E-state index contributed by atoms with van der Waals surface area (Å²) in [6.07, 6.45) is 0. The van der Waals surface area contributed by atoms with Crippen LogP contribution in [0, 0.1) is 5.82 Å². The quantitative estimate of drug-likeness (QED) is 0.773. The van der Waals surface area contributed by atoms with Gasteiger partial charge in [0.15, 0.2) is 11.5 Å². The number of benzene rings is 2. The predicted molar refractivity (Wildman–Crippen MR) is 91.9 cm³/mol. The molecule has 2 aromatic carbocycles. The fourth-order valence-corrected chi connectivity index (χ4v) is 2.79. The van der Waals surface area contributed by atoms with Crippen LogP contribution in [0.4, 0.5) is 10.1 Å². The SMILES string of the molecule is COc1cc(NC(=O)CSc2ccccc2F)cc(OC)c1OC. The minimum absolute atomic E-state index is 0.0809. The maximum atomic E-state index is 13.5. The lowest BCUT2D eigenvalue weighted by Crippen LogP contribution is -2.14. The normalized spacial score (nSPS) is 10.2. The van der Waals surface area contributed by atoms with Gasteiger partial charge < -0.3 is 19.5 Å². The zero-order valence-corrected chi connectivity index (χ0v) is 14.4. The van der Waals surface area contributed by atoms with Crippen molar-refractivity contribution in [1.29, 1.82) is 0 Å². The molecule has 0 saturated carbocycles. The van der Waals surface area contributed by atoms with Gasteiger partial charge in [-0.2, -0.15) is 0 Å². The molecule has 7 heteroatoms. The third-order valence-corrected chi connectivity index (χ3v) is 4.19. The Morgan fingerprint density at radius 2 is 1.71 bits per heavy atom. The highest BCUT2D eigenvalue weighted by molar-refractivity contribution is 8.00. The van der Waals surface area contributed by atoms with Crippen molar-refractivity contribution in [2.45, 2.75) is 4.90 Å². The molecule has 2 rings (SSSR count). The van der Waals surface area contributed by atoms with E-state index < -0.39 is 0 Å². The van der Waals surface area contributed by atoms with Gasteiger partial charge in [0, 0.05) is 22.7 Å². The Balaban J connectivity index is 2.07. The summed E-state index contributed by atoms with van der Waals surface area (Å²) in [5.74, 6) is 0.791. The molecule has 0 aliphatic carbocycles. The summed E-state index contributed by atoms with van der Waals surface area (Å²) >= 11 is 1.13. The monoisotopic (exact) mass is 351 g/mol. The van der Waals surface area contributed by atoms with Crippen LogP contribution < -0.4 is 19.5 Å². The second-order valence-corrected chi connectivity index (χ2v) is 5.70. The molecule has 0 fully saturated rings. The summed E-state index contributed by atoms with van der Waals surface area (Å²) in [5.41, 5.74) is 0.503. The number of carbonyl (C=O) groups is 1. The smallest absolute Gasteiger partial charge is 0.234 e. The van der Waals surface area contributed by atoms with E-state index in [2.05, 4.69) is 5.32 Å². The van der Waals surface area contributed by atoms with Crippen LogP contribution in [0.3, 0.4) is 0 Å². The highest BCUT2D eigenvalue weighted by Crippen LogP contribution is 2.40. The van der Waals surface area contributed by atoms with Crippen molar-refractivity contribution in [2.75, 3.05) is 32.4 Å². The van der Waals surface area contributed by atoms with E-state index in [4.69, 9.17) is 14.2 Å². The van der Waals surface area contributed by atoms with Crippen molar-refractivity contribution in [2.24, 2.45) is 0 Å². The number of ether oxygens (including phenoxy) is 3. The number of rotatable bonds is 7. The third kappa shape index (κ3) is 4.32. The molecule has 0 heterocycles. The van der Waals surface area contributed by atoms with Gasteiger partial charge >= 0.3 is 0 Å². The maximum Gasteiger partial charge on any atom is 0.234 e. The zero-order valence-electron chi connectivity index (χ0n) is 13.6. The average Bonchev–Trinajstić information content (AvgIpc) is 2.60. The molecule has 0 spiro atoms. The first-order valence-corrected chi connectivity index (χ1v) is 8.04. The summed E-state index contributed by atoms with van der Waals surface area (Å²) < 4.78 is 29.2. The number of hydrogen-bond acceptors (Lipinski definition) is 5. The molecule has 1 N–H and O–H groups in total. The minimum atomic E-state index is -0.344. The molecule has 0 bridgehead atoms. The second kappa shape index (κ2) is 8.44. The summed E-state index contributed by atoms with van der Waals surface area (Å²) in [7, 11) is 4.50. The fourth-order valence-electron chi connectivity index (χ4n) is 2.06. The first-order valence-electron chi connectivity index (χ1n) is 7.06. The first-order chi connectivity index (χ1) is 11.6. The van der Waals surface area contributed by atoms with E-state index in [0.29, 0.717) is 27.8 Å². The molecule has 5 nitrogen and oxygen atoms in total. The van der Waals surface area contributed by atoms with Gasteiger partial charge in [0.1, 0.15) is 5.82 Å². The van der Waals surface area contributed by atoms with E-state index in [1.807, 2.05) is 0 Å². The highest BCUT2D eigenvalue weighted by Gasteiger charge is 2.14. The van der Waals surface area contributed by atoms with E-state index in [0.717, 1.165) is 11.8 Å². The number of carbonyl (C=O) groups excluding carboxylic acids is 1. The molecule has 0 saturated heterocycles. The zero-order chi connectivity index (χ0) is 17.5. The van der Waals surface area contributed by atoms with Gasteiger partial charge in [0.05, 0.1) is 27.1 Å². The van der Waals surface area contributed by atoms with E-state index in [9.17, 15) is 9.18 Å². The lowest BCUT2D eigenvalue weighted by Gasteiger charge is -2.14. The summed E-state index contributed by atoms with van der Waals surface area (Å²) in [6.45, 7) is 0. The first kappa shape index (κ1) is 17.9. The van der Waals surface area contributed by atoms with Crippen molar-refractivity contribution in [1.82, 2.24) is 0 Å². The van der Waals surface area contributed by atoms with Crippen molar-refractivity contribution >= 4 is 23.4 Å². The fraction of sp³-hybridized carbons (Fsp3) is 0.235. The molecule has 0 radical (unpaired) electrons. The Morgan fingerprint density at radius 3 is 2.25 bits per heavy atom. The van der Waals surface area contributed by atoms with E-state index in [-0.39, 0.29) is 17.5 Å². The number of methoxy groups -OCH3 is 3. The molecule has 0 atom stereocenters. The van der Waals surface area contributed by atoms with Gasteiger partial charge in [-0.15, -0.1) is 11.8 Å². The molecular weight excluding hydrogens is 333 g/mol. The van der Waals surface area contributed by atoms with E-state index in [1.165, 1.54) is 27.4 Å². The predicted octanol–water partition coefficient (Wildman–Crippen LogP) is 3.58. The van der Waals surface area contributed by atoms with E-state index in [1.54, 1.807) is 30.3 Å². The lowest BCUT2D eigenvalue weighted by atomic mass is 10.2. The second-order valence-electron chi connectivity index (χ2n) is 4.68. The molecular formula is C17H18FNO4S. The number of halogens is 1. The van der Waals surface area contributed by atoms with Crippen molar-refractivity contribution < 1.29 is 23.4 Å². The molecule has 0 aliphatic heterocycles.